The highest BCUT2D eigenvalue weighted by atomic mass is 19.1. The van der Waals surface area contributed by atoms with E-state index in [0.717, 1.165) is 36.7 Å². The highest BCUT2D eigenvalue weighted by Crippen LogP contribution is 2.64. The predicted molar refractivity (Wildman–Crippen MR) is 115 cm³/mol. The molecule has 2 heterocycles. The van der Waals surface area contributed by atoms with Crippen LogP contribution in [0.15, 0.2) is 30.5 Å². The Bertz CT molecular complexity index is 971. The number of aliphatic hydroxyl groups excluding tert-OH is 1. The molecule has 0 spiro atoms. The van der Waals surface area contributed by atoms with Crippen molar-refractivity contribution in [1.29, 1.82) is 0 Å². The van der Waals surface area contributed by atoms with Gasteiger partial charge in [0.1, 0.15) is 11.6 Å². The standard InChI is InChI=1S/C25H32FN3O/c1-24-12-11-20-18(19(24)8-10-22(24)30)7-9-21-25(20,2)13-15-14-27-29(23(15)28-21)17-5-3-16(26)4-6-17/h3-6,14,18-22,28,30H,7-13H2,1-2H3/t18-,19-,20-,21+,22?,24-,25+/m0/s1. The molecular formula is C25H32FN3O. The van der Waals surface area contributed by atoms with Gasteiger partial charge in [0.2, 0.25) is 0 Å². The first kappa shape index (κ1) is 18.9. The van der Waals surface area contributed by atoms with Crippen molar-refractivity contribution in [3.8, 4) is 5.69 Å². The predicted octanol–water partition coefficient (Wildman–Crippen LogP) is 4.95. The number of rotatable bonds is 1. The molecule has 1 aromatic heterocycles. The zero-order chi connectivity index (χ0) is 20.7. The third kappa shape index (κ3) is 2.44. The minimum atomic E-state index is -0.222. The number of nitrogens with one attached hydrogen (secondary N) is 1. The Labute approximate surface area is 177 Å². The zero-order valence-electron chi connectivity index (χ0n) is 17.9. The molecule has 4 aliphatic rings. The Morgan fingerprint density at radius 1 is 1.03 bits per heavy atom. The first-order valence-corrected chi connectivity index (χ1v) is 11.7. The molecule has 3 aliphatic carbocycles. The summed E-state index contributed by atoms with van der Waals surface area (Å²) in [6, 6.07) is 7.02. The number of hydrogen-bond acceptors (Lipinski definition) is 3. The summed E-state index contributed by atoms with van der Waals surface area (Å²) < 4.78 is 15.3. The summed E-state index contributed by atoms with van der Waals surface area (Å²) in [5.74, 6) is 2.97. The van der Waals surface area contributed by atoms with Gasteiger partial charge in [0, 0.05) is 11.6 Å². The van der Waals surface area contributed by atoms with Crippen LogP contribution in [-0.4, -0.2) is 27.0 Å². The number of nitrogens with zero attached hydrogens (tertiary/aromatic N) is 2. The van der Waals surface area contributed by atoms with Crippen LogP contribution in [0.3, 0.4) is 0 Å². The van der Waals surface area contributed by atoms with Crippen LogP contribution in [0.1, 0.15) is 57.9 Å². The maximum absolute atomic E-state index is 13.4. The summed E-state index contributed by atoms with van der Waals surface area (Å²) >= 11 is 0. The lowest BCUT2D eigenvalue weighted by Crippen LogP contribution is -2.58. The van der Waals surface area contributed by atoms with Gasteiger partial charge in [0.15, 0.2) is 0 Å². The highest BCUT2D eigenvalue weighted by molar-refractivity contribution is 5.54. The van der Waals surface area contributed by atoms with Crippen LogP contribution in [0.25, 0.3) is 5.69 Å². The molecule has 2 N–H and O–H groups in total. The summed E-state index contributed by atoms with van der Waals surface area (Å²) in [4.78, 5) is 0. The Balaban J connectivity index is 1.33. The first-order chi connectivity index (χ1) is 14.4. The minimum Gasteiger partial charge on any atom is -0.393 e. The first-order valence-electron chi connectivity index (χ1n) is 11.7. The molecule has 160 valence electrons. The van der Waals surface area contributed by atoms with Crippen molar-refractivity contribution in [2.24, 2.45) is 28.6 Å². The van der Waals surface area contributed by atoms with Crippen molar-refractivity contribution >= 4 is 5.82 Å². The second-order valence-corrected chi connectivity index (χ2v) is 10.9. The van der Waals surface area contributed by atoms with Gasteiger partial charge in [-0.15, -0.1) is 0 Å². The van der Waals surface area contributed by atoms with E-state index in [1.165, 1.54) is 43.4 Å². The SMILES string of the molecule is C[C@]12Cc3cnn(-c4ccc(F)cc4)c3N[C@@H]1CC[C@@H]1[C@@H]2CC[C@]2(C)C(O)CC[C@@H]12. The van der Waals surface area contributed by atoms with E-state index in [9.17, 15) is 9.50 Å². The molecule has 1 unspecified atom stereocenters. The molecule has 0 amide bonds. The molecule has 3 saturated carbocycles. The van der Waals surface area contributed by atoms with Crippen molar-refractivity contribution in [3.63, 3.8) is 0 Å². The van der Waals surface area contributed by atoms with Gasteiger partial charge < -0.3 is 10.4 Å². The third-order valence-electron chi connectivity index (χ3n) is 9.62. The van der Waals surface area contributed by atoms with Gasteiger partial charge in [-0.1, -0.05) is 13.8 Å². The van der Waals surface area contributed by atoms with E-state index in [4.69, 9.17) is 0 Å². The molecule has 6 rings (SSSR count). The molecule has 0 bridgehead atoms. The molecule has 4 nitrogen and oxygen atoms in total. The van der Waals surface area contributed by atoms with E-state index in [1.807, 2.05) is 10.9 Å². The average molecular weight is 410 g/mol. The lowest BCUT2D eigenvalue weighted by atomic mass is 9.47. The number of fused-ring (bicyclic) bond motifs is 6. The fraction of sp³-hybridized carbons (Fsp3) is 0.640. The van der Waals surface area contributed by atoms with E-state index in [-0.39, 0.29) is 22.8 Å². The number of halogens is 1. The molecular weight excluding hydrogens is 377 g/mol. The summed E-state index contributed by atoms with van der Waals surface area (Å²) in [6.07, 6.45) is 9.93. The molecule has 1 aromatic carbocycles. The van der Waals surface area contributed by atoms with Crippen molar-refractivity contribution in [2.45, 2.75) is 70.9 Å². The molecule has 5 heteroatoms. The van der Waals surface area contributed by atoms with Crippen LogP contribution in [0, 0.1) is 34.4 Å². The van der Waals surface area contributed by atoms with Gasteiger partial charge in [-0.2, -0.15) is 5.10 Å². The average Bonchev–Trinajstić information content (AvgIpc) is 3.27. The van der Waals surface area contributed by atoms with Gasteiger partial charge in [-0.25, -0.2) is 9.07 Å². The normalized spacial score (nSPS) is 41.9. The second kappa shape index (κ2) is 6.32. The molecule has 2 aromatic rings. The summed E-state index contributed by atoms with van der Waals surface area (Å²) in [5, 5.41) is 19.2. The van der Waals surface area contributed by atoms with E-state index in [0.29, 0.717) is 17.9 Å². The van der Waals surface area contributed by atoms with Gasteiger partial charge in [-0.05, 0) is 97.8 Å². The Morgan fingerprint density at radius 3 is 2.60 bits per heavy atom. The Morgan fingerprint density at radius 2 is 1.80 bits per heavy atom. The van der Waals surface area contributed by atoms with Gasteiger partial charge >= 0.3 is 0 Å². The Hall–Kier alpha value is -1.88. The maximum Gasteiger partial charge on any atom is 0.133 e. The smallest absolute Gasteiger partial charge is 0.133 e. The minimum absolute atomic E-state index is 0.112. The number of benzene rings is 1. The largest absolute Gasteiger partial charge is 0.393 e. The van der Waals surface area contributed by atoms with E-state index >= 15 is 0 Å². The fourth-order valence-corrected chi connectivity index (χ4v) is 7.94. The lowest BCUT2D eigenvalue weighted by molar-refractivity contribution is -0.0914. The maximum atomic E-state index is 13.4. The summed E-state index contributed by atoms with van der Waals surface area (Å²) in [5.41, 5.74) is 2.53. The monoisotopic (exact) mass is 409 g/mol. The van der Waals surface area contributed by atoms with Gasteiger partial charge in [-0.3, -0.25) is 0 Å². The van der Waals surface area contributed by atoms with Crippen LogP contribution >= 0.6 is 0 Å². The van der Waals surface area contributed by atoms with Crippen LogP contribution in [0.2, 0.25) is 0 Å². The van der Waals surface area contributed by atoms with Crippen molar-refractivity contribution in [1.82, 2.24) is 9.78 Å². The molecule has 1 aliphatic heterocycles. The van der Waals surface area contributed by atoms with Crippen molar-refractivity contribution < 1.29 is 9.50 Å². The van der Waals surface area contributed by atoms with Gasteiger partial charge in [0.05, 0.1) is 18.0 Å². The third-order valence-corrected chi connectivity index (χ3v) is 9.62. The van der Waals surface area contributed by atoms with Crippen LogP contribution in [0.5, 0.6) is 0 Å². The van der Waals surface area contributed by atoms with E-state index in [2.05, 4.69) is 24.3 Å². The number of anilines is 1. The molecule has 0 radical (unpaired) electrons. The zero-order valence-corrected chi connectivity index (χ0v) is 17.9. The second-order valence-electron chi connectivity index (χ2n) is 10.9. The van der Waals surface area contributed by atoms with Gasteiger partial charge in [0.25, 0.3) is 0 Å². The number of aliphatic hydroxyl groups is 1. The lowest BCUT2D eigenvalue weighted by Gasteiger charge is -2.60. The van der Waals surface area contributed by atoms with Crippen molar-refractivity contribution in [2.75, 3.05) is 5.32 Å². The van der Waals surface area contributed by atoms with E-state index in [1.54, 1.807) is 12.1 Å². The quantitative estimate of drug-likeness (QED) is 0.701. The highest BCUT2D eigenvalue weighted by Gasteiger charge is 2.60. The summed E-state index contributed by atoms with van der Waals surface area (Å²) in [7, 11) is 0. The molecule has 3 fully saturated rings. The Kier molecular flexibility index (Phi) is 3.97. The summed E-state index contributed by atoms with van der Waals surface area (Å²) in [6.45, 7) is 4.84. The molecule has 7 atom stereocenters. The molecule has 0 saturated heterocycles. The van der Waals surface area contributed by atoms with Crippen molar-refractivity contribution in [3.05, 3.63) is 41.8 Å². The topological polar surface area (TPSA) is 50.1 Å². The number of hydrogen-bond donors (Lipinski definition) is 2. The molecule has 30 heavy (non-hydrogen) atoms. The van der Waals surface area contributed by atoms with Crippen LogP contribution in [-0.2, 0) is 6.42 Å². The van der Waals surface area contributed by atoms with Crippen LogP contribution < -0.4 is 5.32 Å². The fourth-order valence-electron chi connectivity index (χ4n) is 7.94. The number of aromatic nitrogens is 2. The van der Waals surface area contributed by atoms with Crippen LogP contribution in [0.4, 0.5) is 10.2 Å². The van der Waals surface area contributed by atoms with E-state index < -0.39 is 0 Å².